The number of hydrogen-bond acceptors (Lipinski definition) is 6. The van der Waals surface area contributed by atoms with Gasteiger partial charge in [-0.1, -0.05) is 0 Å². The number of aromatic amines is 1. The van der Waals surface area contributed by atoms with Gasteiger partial charge in [0.05, 0.1) is 25.7 Å². The van der Waals surface area contributed by atoms with Gasteiger partial charge in [0, 0.05) is 6.04 Å². The summed E-state index contributed by atoms with van der Waals surface area (Å²) < 4.78 is 5.30. The highest BCUT2D eigenvalue weighted by atomic mass is 32.1. The average molecular weight is 295 g/mol. The zero-order valence-corrected chi connectivity index (χ0v) is 12.5. The predicted molar refractivity (Wildman–Crippen MR) is 77.8 cm³/mol. The lowest BCUT2D eigenvalue weighted by atomic mass is 10.3. The Hall–Kier alpha value is -1.73. The van der Waals surface area contributed by atoms with E-state index in [1.54, 1.807) is 0 Å². The van der Waals surface area contributed by atoms with Crippen LogP contribution in [0.5, 0.6) is 0 Å². The first-order valence-corrected chi connectivity index (χ1v) is 7.16. The van der Waals surface area contributed by atoms with E-state index in [2.05, 4.69) is 14.7 Å². The fourth-order valence-electron chi connectivity index (χ4n) is 1.84. The van der Waals surface area contributed by atoms with Crippen molar-refractivity contribution in [2.45, 2.75) is 26.4 Å². The first-order valence-electron chi connectivity index (χ1n) is 6.28. The molecule has 0 amide bonds. The van der Waals surface area contributed by atoms with Crippen molar-refractivity contribution in [2.75, 3.05) is 13.7 Å². The second-order valence-corrected chi connectivity index (χ2v) is 5.64. The minimum atomic E-state index is -0.308. The normalized spacial score (nSPS) is 11.4. The number of carbonyl (C=O) groups excluding carboxylic acids is 1. The van der Waals surface area contributed by atoms with Crippen LogP contribution in [-0.4, -0.2) is 40.5 Å². The topological polar surface area (TPSA) is 75.3 Å². The van der Waals surface area contributed by atoms with Crippen molar-refractivity contribution in [1.82, 2.24) is 14.9 Å². The first-order chi connectivity index (χ1) is 9.51. The van der Waals surface area contributed by atoms with E-state index < -0.39 is 0 Å². The molecule has 0 bridgehead atoms. The molecule has 0 aliphatic carbocycles. The summed E-state index contributed by atoms with van der Waals surface area (Å²) >= 11 is 1.37. The molecule has 0 spiro atoms. The van der Waals surface area contributed by atoms with Gasteiger partial charge in [-0.15, -0.1) is 11.3 Å². The summed E-state index contributed by atoms with van der Waals surface area (Å²) in [4.78, 5) is 32.4. The molecule has 7 heteroatoms. The van der Waals surface area contributed by atoms with Crippen LogP contribution in [0.25, 0.3) is 10.2 Å². The van der Waals surface area contributed by atoms with Gasteiger partial charge in [-0.3, -0.25) is 14.5 Å². The van der Waals surface area contributed by atoms with Gasteiger partial charge in [-0.25, -0.2) is 4.98 Å². The van der Waals surface area contributed by atoms with Crippen molar-refractivity contribution >= 4 is 27.5 Å². The highest BCUT2D eigenvalue weighted by Gasteiger charge is 2.16. The lowest BCUT2D eigenvalue weighted by Gasteiger charge is -2.24. The van der Waals surface area contributed by atoms with Crippen LogP contribution in [0.1, 0.15) is 19.7 Å². The molecule has 0 aliphatic rings. The molecule has 0 radical (unpaired) electrons. The van der Waals surface area contributed by atoms with Gasteiger partial charge in [-0.05, 0) is 25.3 Å². The Kier molecular flexibility index (Phi) is 4.51. The van der Waals surface area contributed by atoms with Gasteiger partial charge in [0.2, 0.25) is 0 Å². The molecule has 6 nitrogen and oxygen atoms in total. The lowest BCUT2D eigenvalue weighted by Crippen LogP contribution is -2.36. The predicted octanol–water partition coefficient (Wildman–Crippen LogP) is 1.37. The third-order valence-electron chi connectivity index (χ3n) is 3.01. The average Bonchev–Trinajstić information content (AvgIpc) is 2.86. The maximum Gasteiger partial charge on any atom is 0.319 e. The van der Waals surface area contributed by atoms with E-state index in [1.165, 1.54) is 18.4 Å². The Morgan fingerprint density at radius 2 is 2.30 bits per heavy atom. The summed E-state index contributed by atoms with van der Waals surface area (Å²) in [5.41, 5.74) is 0.553. The number of nitrogens with one attached hydrogen (secondary N) is 1. The number of thiophene rings is 1. The number of fused-ring (bicyclic) bond motifs is 1. The van der Waals surface area contributed by atoms with E-state index >= 15 is 0 Å². The molecular weight excluding hydrogens is 278 g/mol. The number of hydrogen-bond donors (Lipinski definition) is 1. The van der Waals surface area contributed by atoms with Crippen molar-refractivity contribution in [3.8, 4) is 0 Å². The summed E-state index contributed by atoms with van der Waals surface area (Å²) in [7, 11) is 1.36. The van der Waals surface area contributed by atoms with E-state index in [9.17, 15) is 9.59 Å². The number of rotatable bonds is 5. The maximum absolute atomic E-state index is 11.9. The summed E-state index contributed by atoms with van der Waals surface area (Å²) in [5, 5.41) is 1.84. The number of methoxy groups -OCH3 is 1. The molecule has 0 atom stereocenters. The monoisotopic (exact) mass is 295 g/mol. The Bertz CT molecular complexity index is 662. The Balaban J connectivity index is 2.24. The highest BCUT2D eigenvalue weighted by molar-refractivity contribution is 7.17. The molecule has 0 saturated heterocycles. The maximum atomic E-state index is 11.9. The second kappa shape index (κ2) is 6.15. The van der Waals surface area contributed by atoms with E-state index in [1.807, 2.05) is 30.2 Å². The molecule has 2 rings (SSSR count). The quantitative estimate of drug-likeness (QED) is 0.843. The van der Waals surface area contributed by atoms with Gasteiger partial charge >= 0.3 is 5.97 Å². The molecule has 0 fully saturated rings. The summed E-state index contributed by atoms with van der Waals surface area (Å²) in [5.74, 6) is 0.246. The molecule has 0 saturated carbocycles. The molecule has 0 unspecified atom stereocenters. The minimum Gasteiger partial charge on any atom is -0.468 e. The fraction of sp³-hybridized carbons (Fsp3) is 0.462. The number of H-pyrrole nitrogens is 1. The molecule has 108 valence electrons. The summed E-state index contributed by atoms with van der Waals surface area (Å²) in [6.07, 6.45) is 0. The van der Waals surface area contributed by atoms with Crippen LogP contribution in [-0.2, 0) is 16.1 Å². The van der Waals surface area contributed by atoms with E-state index in [0.717, 1.165) is 0 Å². The van der Waals surface area contributed by atoms with Crippen molar-refractivity contribution in [3.05, 3.63) is 27.6 Å². The van der Waals surface area contributed by atoms with Gasteiger partial charge in [0.25, 0.3) is 5.56 Å². The molecular formula is C13H17N3O3S. The van der Waals surface area contributed by atoms with Gasteiger partial charge in [0.15, 0.2) is 0 Å². The van der Waals surface area contributed by atoms with Gasteiger partial charge in [-0.2, -0.15) is 0 Å². The van der Waals surface area contributed by atoms with E-state index in [0.29, 0.717) is 22.6 Å². The van der Waals surface area contributed by atoms with Crippen LogP contribution in [0.15, 0.2) is 16.2 Å². The van der Waals surface area contributed by atoms with Crippen LogP contribution in [0.4, 0.5) is 0 Å². The molecule has 20 heavy (non-hydrogen) atoms. The lowest BCUT2D eigenvalue weighted by molar-refractivity contribution is -0.142. The smallest absolute Gasteiger partial charge is 0.319 e. The number of carbonyl (C=O) groups is 1. The van der Waals surface area contributed by atoms with Crippen molar-refractivity contribution in [3.63, 3.8) is 0 Å². The second-order valence-electron chi connectivity index (χ2n) is 4.72. The zero-order valence-electron chi connectivity index (χ0n) is 11.7. The fourth-order valence-corrected chi connectivity index (χ4v) is 2.57. The number of ether oxygens (including phenoxy) is 1. The zero-order chi connectivity index (χ0) is 14.7. The summed E-state index contributed by atoms with van der Waals surface area (Å²) in [6.45, 7) is 4.52. The van der Waals surface area contributed by atoms with Gasteiger partial charge < -0.3 is 9.72 Å². The Labute approximate surface area is 120 Å². The summed E-state index contributed by atoms with van der Waals surface area (Å²) in [6, 6.07) is 1.95. The third kappa shape index (κ3) is 3.23. The number of nitrogens with zero attached hydrogens (tertiary/aromatic N) is 2. The standard InChI is InChI=1S/C13H17N3O3S/c1-8(2)16(7-11(17)19-3)6-10-14-9-4-5-20-12(9)13(18)15-10/h4-5,8H,6-7H2,1-3H3,(H,14,15,18). The molecule has 2 aromatic heterocycles. The third-order valence-corrected chi connectivity index (χ3v) is 3.91. The number of aromatic nitrogens is 2. The van der Waals surface area contributed by atoms with Crippen molar-refractivity contribution in [1.29, 1.82) is 0 Å². The van der Waals surface area contributed by atoms with E-state index in [-0.39, 0.29) is 24.1 Å². The SMILES string of the molecule is COC(=O)CN(Cc1nc2ccsc2c(=O)[nH]1)C(C)C. The minimum absolute atomic E-state index is 0.137. The highest BCUT2D eigenvalue weighted by Crippen LogP contribution is 2.14. The van der Waals surface area contributed by atoms with Crippen molar-refractivity contribution < 1.29 is 9.53 Å². The van der Waals surface area contributed by atoms with Crippen molar-refractivity contribution in [2.24, 2.45) is 0 Å². The van der Waals surface area contributed by atoms with Crippen LogP contribution < -0.4 is 5.56 Å². The van der Waals surface area contributed by atoms with Crippen LogP contribution in [0, 0.1) is 0 Å². The molecule has 2 aromatic rings. The number of esters is 1. The molecule has 0 aliphatic heterocycles. The first kappa shape index (κ1) is 14.7. The molecule has 0 aromatic carbocycles. The van der Waals surface area contributed by atoms with Crippen LogP contribution >= 0.6 is 11.3 Å². The Morgan fingerprint density at radius 3 is 2.95 bits per heavy atom. The van der Waals surface area contributed by atoms with Crippen LogP contribution in [0.2, 0.25) is 0 Å². The molecule has 1 N–H and O–H groups in total. The van der Waals surface area contributed by atoms with Crippen LogP contribution in [0.3, 0.4) is 0 Å². The van der Waals surface area contributed by atoms with Gasteiger partial charge in [0.1, 0.15) is 10.5 Å². The Morgan fingerprint density at radius 1 is 1.55 bits per heavy atom. The largest absolute Gasteiger partial charge is 0.468 e. The van der Waals surface area contributed by atoms with E-state index in [4.69, 9.17) is 0 Å². The molecule has 2 heterocycles.